The minimum Gasteiger partial charge on any atom is -0.297 e. The van der Waals surface area contributed by atoms with Crippen LogP contribution in [0.5, 0.6) is 0 Å². The van der Waals surface area contributed by atoms with E-state index in [9.17, 15) is 0 Å². The van der Waals surface area contributed by atoms with E-state index >= 15 is 0 Å². The van der Waals surface area contributed by atoms with Crippen molar-refractivity contribution < 1.29 is 0 Å². The van der Waals surface area contributed by atoms with Crippen LogP contribution >= 0.6 is 0 Å². The molecule has 0 radical (unpaired) electrons. The molecule has 3 atom stereocenters. The Labute approximate surface area is 89.9 Å². The first kappa shape index (κ1) is 12.0. The van der Waals surface area contributed by atoms with E-state index in [1.807, 2.05) is 13.8 Å². The lowest BCUT2D eigenvalue weighted by atomic mass is 9.71. The molecule has 0 N–H and O–H groups in total. The first-order valence-corrected chi connectivity index (χ1v) is 6.49. The Kier molecular flexibility index (Phi) is 4.43. The third-order valence-corrected chi connectivity index (χ3v) is 3.80. The lowest BCUT2D eigenvalue weighted by Crippen LogP contribution is -2.41. The van der Waals surface area contributed by atoms with Crippen molar-refractivity contribution in [2.45, 2.75) is 66.0 Å². The molecule has 1 heteroatoms. The van der Waals surface area contributed by atoms with Crippen LogP contribution in [0.1, 0.15) is 53.9 Å². The second-order valence-corrected chi connectivity index (χ2v) is 4.81. The van der Waals surface area contributed by atoms with Crippen LogP contribution < -0.4 is 0 Å². The van der Waals surface area contributed by atoms with Gasteiger partial charge in [0.1, 0.15) is 0 Å². The molecule has 3 unspecified atom stereocenters. The number of hydrogen-bond donors (Lipinski definition) is 0. The van der Waals surface area contributed by atoms with E-state index in [1.165, 1.54) is 25.8 Å². The summed E-state index contributed by atoms with van der Waals surface area (Å²) in [4.78, 5) is 2.71. The molecule has 2 saturated heterocycles. The van der Waals surface area contributed by atoms with Gasteiger partial charge in [-0.1, -0.05) is 27.2 Å². The molecule has 14 heavy (non-hydrogen) atoms. The Morgan fingerprint density at radius 2 is 1.93 bits per heavy atom. The molecule has 1 nitrogen and oxygen atoms in total. The standard InChI is InChI=1S/C11H21N.C2H6/c1-4-5-10-9-6-11(10)12(7-9)8(2)3;1-2/h8-11H,4-7H2,1-3H3;1-2H3. The fourth-order valence-corrected chi connectivity index (χ4v) is 3.13. The van der Waals surface area contributed by atoms with E-state index in [4.69, 9.17) is 0 Å². The van der Waals surface area contributed by atoms with Gasteiger partial charge in [0.05, 0.1) is 0 Å². The van der Waals surface area contributed by atoms with E-state index < -0.39 is 0 Å². The normalized spacial score (nSPS) is 35.1. The van der Waals surface area contributed by atoms with Gasteiger partial charge in [0.15, 0.2) is 0 Å². The molecule has 0 spiro atoms. The monoisotopic (exact) mass is 197 g/mol. The van der Waals surface area contributed by atoms with Gasteiger partial charge in [-0.05, 0) is 38.5 Å². The summed E-state index contributed by atoms with van der Waals surface area (Å²) < 4.78 is 0. The number of rotatable bonds is 3. The third-order valence-electron chi connectivity index (χ3n) is 3.80. The van der Waals surface area contributed by atoms with E-state index in [-0.39, 0.29) is 0 Å². The molecular weight excluding hydrogens is 170 g/mol. The second kappa shape index (κ2) is 5.16. The van der Waals surface area contributed by atoms with Gasteiger partial charge in [-0.2, -0.15) is 0 Å². The molecular formula is C13H27N. The highest BCUT2D eigenvalue weighted by Crippen LogP contribution is 2.49. The molecule has 3 rings (SSSR count). The predicted molar refractivity (Wildman–Crippen MR) is 63.5 cm³/mol. The Morgan fingerprint density at radius 1 is 1.29 bits per heavy atom. The third kappa shape index (κ3) is 1.98. The van der Waals surface area contributed by atoms with Gasteiger partial charge in [-0.3, -0.25) is 4.90 Å². The van der Waals surface area contributed by atoms with Crippen molar-refractivity contribution in [3.05, 3.63) is 0 Å². The van der Waals surface area contributed by atoms with E-state index in [0.29, 0.717) is 0 Å². The molecule has 1 aliphatic carbocycles. The van der Waals surface area contributed by atoms with E-state index in [0.717, 1.165) is 23.9 Å². The van der Waals surface area contributed by atoms with Crippen molar-refractivity contribution >= 4 is 0 Å². The minimum absolute atomic E-state index is 0.779. The molecule has 84 valence electrons. The highest BCUT2D eigenvalue weighted by atomic mass is 15.2. The molecule has 1 saturated carbocycles. The Balaban J connectivity index is 0.000000461. The SMILES string of the molecule is CC.CCCC1C2CC1N(C(C)C)C2. The van der Waals surface area contributed by atoms with Crippen LogP contribution in [-0.4, -0.2) is 23.5 Å². The Bertz CT molecular complexity index is 165. The van der Waals surface area contributed by atoms with Gasteiger partial charge >= 0.3 is 0 Å². The quantitative estimate of drug-likeness (QED) is 0.669. The maximum absolute atomic E-state index is 2.71. The van der Waals surface area contributed by atoms with Gasteiger partial charge in [0.25, 0.3) is 0 Å². The van der Waals surface area contributed by atoms with Crippen molar-refractivity contribution in [3.63, 3.8) is 0 Å². The summed E-state index contributed by atoms with van der Waals surface area (Å²) in [5.74, 6) is 2.13. The fraction of sp³-hybridized carbons (Fsp3) is 1.00. The highest BCUT2D eigenvalue weighted by Gasteiger charge is 2.51. The van der Waals surface area contributed by atoms with Gasteiger partial charge < -0.3 is 0 Å². The summed E-state index contributed by atoms with van der Waals surface area (Å²) in [5, 5.41) is 0. The summed E-state index contributed by atoms with van der Waals surface area (Å²) in [6.07, 6.45) is 4.35. The molecule has 0 amide bonds. The lowest BCUT2D eigenvalue weighted by Gasteiger charge is -2.38. The van der Waals surface area contributed by atoms with Gasteiger partial charge in [-0.15, -0.1) is 0 Å². The number of fused-ring (bicyclic) bond motifs is 1. The molecule has 0 aromatic rings. The summed E-state index contributed by atoms with van der Waals surface area (Å²) >= 11 is 0. The van der Waals surface area contributed by atoms with E-state index in [2.05, 4.69) is 25.7 Å². The molecule has 3 aliphatic rings. The highest BCUT2D eigenvalue weighted by molar-refractivity contribution is 5.04. The van der Waals surface area contributed by atoms with Crippen LogP contribution in [0.25, 0.3) is 0 Å². The van der Waals surface area contributed by atoms with Gasteiger partial charge in [0.2, 0.25) is 0 Å². The van der Waals surface area contributed by atoms with Crippen LogP contribution in [0.4, 0.5) is 0 Å². The number of nitrogens with zero attached hydrogens (tertiary/aromatic N) is 1. The molecule has 0 aromatic carbocycles. The molecule has 3 fully saturated rings. The van der Waals surface area contributed by atoms with Crippen LogP contribution in [0, 0.1) is 11.8 Å². The zero-order valence-electron chi connectivity index (χ0n) is 10.6. The zero-order valence-corrected chi connectivity index (χ0v) is 10.6. The van der Waals surface area contributed by atoms with Crippen molar-refractivity contribution in [3.8, 4) is 0 Å². The van der Waals surface area contributed by atoms with Crippen LogP contribution in [0.3, 0.4) is 0 Å². The maximum Gasteiger partial charge on any atom is 0.0133 e. The first-order chi connectivity index (χ1) is 6.74. The summed E-state index contributed by atoms with van der Waals surface area (Å²) in [7, 11) is 0. The van der Waals surface area contributed by atoms with Crippen molar-refractivity contribution in [1.29, 1.82) is 0 Å². The minimum atomic E-state index is 0.779. The average Bonchev–Trinajstić information content (AvgIpc) is 2.74. The van der Waals surface area contributed by atoms with Crippen LogP contribution in [0.2, 0.25) is 0 Å². The van der Waals surface area contributed by atoms with Crippen molar-refractivity contribution in [2.75, 3.05) is 6.54 Å². The fourth-order valence-electron chi connectivity index (χ4n) is 3.13. The summed E-state index contributed by atoms with van der Waals surface area (Å²) in [5.41, 5.74) is 0. The predicted octanol–water partition coefficient (Wildman–Crippen LogP) is 3.54. The topological polar surface area (TPSA) is 3.24 Å². The first-order valence-electron chi connectivity index (χ1n) is 6.49. The largest absolute Gasteiger partial charge is 0.297 e. The number of hydrogen-bond acceptors (Lipinski definition) is 1. The average molecular weight is 197 g/mol. The summed E-state index contributed by atoms with van der Waals surface area (Å²) in [6, 6.07) is 1.75. The van der Waals surface area contributed by atoms with Crippen molar-refractivity contribution in [2.24, 2.45) is 11.8 Å². The second-order valence-electron chi connectivity index (χ2n) is 4.81. The van der Waals surface area contributed by atoms with Crippen LogP contribution in [-0.2, 0) is 0 Å². The van der Waals surface area contributed by atoms with Crippen molar-refractivity contribution in [1.82, 2.24) is 4.90 Å². The molecule has 2 aliphatic heterocycles. The van der Waals surface area contributed by atoms with Gasteiger partial charge in [-0.25, -0.2) is 0 Å². The van der Waals surface area contributed by atoms with E-state index in [1.54, 1.807) is 0 Å². The molecule has 0 aromatic heterocycles. The zero-order chi connectivity index (χ0) is 10.7. The molecule has 2 heterocycles. The Morgan fingerprint density at radius 3 is 2.36 bits per heavy atom. The summed E-state index contributed by atoms with van der Waals surface area (Å²) in [6.45, 7) is 12.4. The van der Waals surface area contributed by atoms with Crippen LogP contribution in [0.15, 0.2) is 0 Å². The molecule has 2 bridgehead atoms. The maximum atomic E-state index is 2.71. The lowest BCUT2D eigenvalue weighted by molar-refractivity contribution is 0.126. The smallest absolute Gasteiger partial charge is 0.0133 e. The Hall–Kier alpha value is -0.0400. The van der Waals surface area contributed by atoms with Gasteiger partial charge in [0, 0.05) is 18.6 Å².